The molecule has 0 saturated carbocycles. The van der Waals surface area contributed by atoms with Gasteiger partial charge in [0.05, 0.1) is 0 Å². The van der Waals surface area contributed by atoms with Crippen LogP contribution in [0.25, 0.3) is 0 Å². The van der Waals surface area contributed by atoms with Gasteiger partial charge in [-0.05, 0) is 37.6 Å². The van der Waals surface area contributed by atoms with Gasteiger partial charge in [0.1, 0.15) is 0 Å². The van der Waals surface area contributed by atoms with E-state index in [2.05, 4.69) is 12.2 Å². The van der Waals surface area contributed by atoms with E-state index in [0.717, 1.165) is 18.4 Å². The van der Waals surface area contributed by atoms with Crippen LogP contribution < -0.4 is 0 Å². The smallest absolute Gasteiger partial charge is 0.126 e. The van der Waals surface area contributed by atoms with Crippen molar-refractivity contribution in [3.63, 3.8) is 0 Å². The van der Waals surface area contributed by atoms with Gasteiger partial charge in [-0.15, -0.1) is 33.2 Å². The van der Waals surface area contributed by atoms with Gasteiger partial charge in [-0.25, -0.2) is 0 Å². The van der Waals surface area contributed by atoms with E-state index in [9.17, 15) is 0 Å². The molecule has 0 spiro atoms. The Morgan fingerprint density at radius 3 is 2.50 bits per heavy atom. The molecule has 0 nitrogen and oxygen atoms in total. The van der Waals surface area contributed by atoms with Crippen molar-refractivity contribution in [2.75, 3.05) is 0 Å². The van der Waals surface area contributed by atoms with E-state index in [-0.39, 0.29) is 0 Å². The first-order valence-corrected chi connectivity index (χ1v) is 9.54. The summed E-state index contributed by atoms with van der Waals surface area (Å²) < 4.78 is 0. The molecule has 1 aliphatic carbocycles. The van der Waals surface area contributed by atoms with Crippen molar-refractivity contribution < 1.29 is 0 Å². The zero-order valence-electron chi connectivity index (χ0n) is 6.90. The lowest BCUT2D eigenvalue weighted by atomic mass is 9.92. The average Bonchev–Trinajstić information content (AvgIpc) is 2.02. The maximum Gasteiger partial charge on any atom is 0.341 e. The fraction of sp³-hybridized carbons (Fsp3) is 0.750. The highest BCUT2D eigenvalue weighted by molar-refractivity contribution is 7.64. The zero-order valence-corrected chi connectivity index (χ0v) is 10.2. The van der Waals surface area contributed by atoms with Gasteiger partial charge in [-0.3, -0.25) is 0 Å². The highest BCUT2D eigenvalue weighted by atomic mass is 35.8. The van der Waals surface area contributed by atoms with Crippen molar-refractivity contribution in [1.29, 1.82) is 0 Å². The summed E-state index contributed by atoms with van der Waals surface area (Å²) in [6.07, 6.45) is 9.22. The third kappa shape index (κ3) is 4.76. The number of halogens is 3. The number of rotatable bonds is 3. The predicted molar refractivity (Wildman–Crippen MR) is 59.2 cm³/mol. The second-order valence-corrected chi connectivity index (χ2v) is 12.6. The average molecular weight is 244 g/mol. The Balaban J connectivity index is 2.19. The summed E-state index contributed by atoms with van der Waals surface area (Å²) in [6, 6.07) is -1.53. The molecule has 0 bridgehead atoms. The first-order chi connectivity index (χ1) is 5.58. The monoisotopic (exact) mass is 242 g/mol. The van der Waals surface area contributed by atoms with E-state index in [1.54, 1.807) is 0 Å². The lowest BCUT2D eigenvalue weighted by Gasteiger charge is -2.18. The van der Waals surface area contributed by atoms with Crippen molar-refractivity contribution in [2.24, 2.45) is 5.92 Å². The van der Waals surface area contributed by atoms with Gasteiger partial charge in [-0.1, -0.05) is 12.2 Å². The first kappa shape index (κ1) is 10.9. The maximum absolute atomic E-state index is 5.80. The van der Waals surface area contributed by atoms with Crippen LogP contribution in [-0.4, -0.2) is 6.00 Å². The second kappa shape index (κ2) is 4.90. The molecule has 1 aliphatic rings. The molecular weight excluding hydrogens is 231 g/mol. The summed E-state index contributed by atoms with van der Waals surface area (Å²) >= 11 is 17.4. The fourth-order valence-electron chi connectivity index (χ4n) is 1.49. The summed E-state index contributed by atoms with van der Waals surface area (Å²) in [5.41, 5.74) is 0. The van der Waals surface area contributed by atoms with Crippen molar-refractivity contribution in [2.45, 2.75) is 31.7 Å². The summed E-state index contributed by atoms with van der Waals surface area (Å²) in [7, 11) is 0. The molecule has 0 fully saturated rings. The Morgan fingerprint density at radius 2 is 2.00 bits per heavy atom. The Hall–Kier alpha value is 0.827. The SMILES string of the molecule is Cl[Si](Cl)(Cl)CCC1CC=CCC1. The number of hydrogen-bond acceptors (Lipinski definition) is 0. The van der Waals surface area contributed by atoms with Gasteiger partial charge in [0.2, 0.25) is 0 Å². The molecule has 0 aromatic carbocycles. The lowest BCUT2D eigenvalue weighted by Crippen LogP contribution is -2.12. The van der Waals surface area contributed by atoms with E-state index >= 15 is 0 Å². The summed E-state index contributed by atoms with van der Waals surface area (Å²) in [4.78, 5) is 0. The van der Waals surface area contributed by atoms with Crippen LogP contribution in [0.5, 0.6) is 0 Å². The summed E-state index contributed by atoms with van der Waals surface area (Å²) in [5, 5.41) is 0. The molecule has 0 saturated heterocycles. The molecule has 0 amide bonds. The molecule has 0 radical (unpaired) electrons. The van der Waals surface area contributed by atoms with Crippen molar-refractivity contribution in [3.8, 4) is 0 Å². The van der Waals surface area contributed by atoms with Crippen LogP contribution in [-0.2, 0) is 0 Å². The number of hydrogen-bond donors (Lipinski definition) is 0. The Morgan fingerprint density at radius 1 is 1.25 bits per heavy atom. The Kier molecular flexibility index (Phi) is 4.45. The van der Waals surface area contributed by atoms with Gasteiger partial charge in [0.25, 0.3) is 0 Å². The lowest BCUT2D eigenvalue weighted by molar-refractivity contribution is 0.464. The van der Waals surface area contributed by atoms with Crippen molar-refractivity contribution in [3.05, 3.63) is 12.2 Å². The molecule has 12 heavy (non-hydrogen) atoms. The molecule has 0 N–H and O–H groups in total. The van der Waals surface area contributed by atoms with Crippen LogP contribution in [0.1, 0.15) is 25.7 Å². The third-order valence-electron chi connectivity index (χ3n) is 2.21. The third-order valence-corrected chi connectivity index (χ3v) is 4.77. The topological polar surface area (TPSA) is 0 Å². The van der Waals surface area contributed by atoms with Gasteiger partial charge in [-0.2, -0.15) is 0 Å². The van der Waals surface area contributed by atoms with Crippen molar-refractivity contribution >= 4 is 39.2 Å². The van der Waals surface area contributed by atoms with Crippen LogP contribution in [0.15, 0.2) is 12.2 Å². The van der Waals surface area contributed by atoms with Crippen LogP contribution in [0.2, 0.25) is 6.04 Å². The predicted octanol–water partition coefficient (Wildman–Crippen LogP) is 4.39. The maximum atomic E-state index is 5.80. The number of allylic oxidation sites excluding steroid dienone is 2. The molecule has 4 heteroatoms. The molecule has 1 rings (SSSR count). The molecule has 0 aliphatic heterocycles. The molecular formula is C8H13Cl3Si. The van der Waals surface area contributed by atoms with Crippen LogP contribution in [0.3, 0.4) is 0 Å². The Bertz CT molecular complexity index is 162. The second-order valence-electron chi connectivity index (χ2n) is 3.30. The minimum absolute atomic E-state index is 0.762. The summed E-state index contributed by atoms with van der Waals surface area (Å²) in [6.45, 7) is 0. The highest BCUT2D eigenvalue weighted by Crippen LogP contribution is 2.31. The van der Waals surface area contributed by atoms with Gasteiger partial charge in [0.15, 0.2) is 0 Å². The van der Waals surface area contributed by atoms with E-state index in [4.69, 9.17) is 33.2 Å². The van der Waals surface area contributed by atoms with Gasteiger partial charge in [0, 0.05) is 0 Å². The van der Waals surface area contributed by atoms with E-state index in [1.165, 1.54) is 19.3 Å². The molecule has 70 valence electrons. The van der Waals surface area contributed by atoms with Crippen LogP contribution >= 0.6 is 33.2 Å². The largest absolute Gasteiger partial charge is 0.341 e. The van der Waals surface area contributed by atoms with Crippen molar-refractivity contribution in [1.82, 2.24) is 0 Å². The van der Waals surface area contributed by atoms with E-state index in [0.29, 0.717) is 0 Å². The van der Waals surface area contributed by atoms with Gasteiger partial charge < -0.3 is 0 Å². The van der Waals surface area contributed by atoms with Crippen LogP contribution in [0, 0.1) is 5.92 Å². The summed E-state index contributed by atoms with van der Waals surface area (Å²) in [5.74, 6) is 0.762. The molecule has 0 heterocycles. The molecule has 1 atom stereocenters. The zero-order chi connectivity index (χ0) is 9.03. The minimum Gasteiger partial charge on any atom is -0.126 e. The Labute approximate surface area is 89.0 Å². The molecule has 0 aromatic rings. The quantitative estimate of drug-likeness (QED) is 0.392. The standard InChI is InChI=1S/C8H13Cl3Si/c9-12(10,11)7-6-8-4-2-1-3-5-8/h1-2,8H,3-7H2. The van der Waals surface area contributed by atoms with E-state index < -0.39 is 6.00 Å². The van der Waals surface area contributed by atoms with Gasteiger partial charge >= 0.3 is 6.00 Å². The fourth-order valence-corrected chi connectivity index (χ4v) is 3.20. The highest BCUT2D eigenvalue weighted by Gasteiger charge is 2.26. The van der Waals surface area contributed by atoms with E-state index in [1.807, 2.05) is 0 Å². The first-order valence-electron chi connectivity index (χ1n) is 4.30. The minimum atomic E-state index is -2.35. The van der Waals surface area contributed by atoms with Crippen LogP contribution in [0.4, 0.5) is 0 Å². The molecule has 0 aromatic heterocycles. The molecule has 1 unspecified atom stereocenters. The normalized spacial score (nSPS) is 24.4.